The van der Waals surface area contributed by atoms with Crippen molar-refractivity contribution in [3.8, 4) is 11.3 Å². The molecule has 118 valence electrons. The number of benzene rings is 1. The van der Waals surface area contributed by atoms with Crippen LogP contribution in [0.25, 0.3) is 16.9 Å². The molecule has 1 amide bonds. The van der Waals surface area contributed by atoms with Gasteiger partial charge in [-0.1, -0.05) is 35.8 Å². The monoisotopic (exact) mass is 322 g/mol. The third-order valence-electron chi connectivity index (χ3n) is 3.03. The van der Waals surface area contributed by atoms with Gasteiger partial charge in [-0.25, -0.2) is 4.98 Å². The van der Waals surface area contributed by atoms with Gasteiger partial charge in [0.25, 0.3) is 0 Å². The first-order chi connectivity index (χ1) is 17.0. The largest absolute Gasteiger partial charge is 0.348 e. The number of amides is 1. The Morgan fingerprint density at radius 2 is 2.09 bits per heavy atom. The number of fused-ring (bicyclic) bond motifs is 1. The van der Waals surface area contributed by atoms with Crippen LogP contribution < -0.4 is 0 Å². The number of aryl methyl sites for hydroxylation is 1. The van der Waals surface area contributed by atoms with Crippen LogP contribution in [0.15, 0.2) is 42.5 Å². The predicted octanol–water partition coefficient (Wildman–Crippen LogP) is 3.25. The van der Waals surface area contributed by atoms with Crippen LogP contribution in [-0.2, 0) is 11.2 Å². The van der Waals surface area contributed by atoms with E-state index < -0.39 is 79.1 Å². The number of hydrogen-bond acceptors (Lipinski definition) is 2. The topological polar surface area (TPSA) is 37.6 Å². The maximum absolute atomic E-state index is 13.3. The minimum atomic E-state index is -3.62. The molecule has 0 N–H and O–H groups in total. The second kappa shape index (κ2) is 5.88. The van der Waals surface area contributed by atoms with Crippen molar-refractivity contribution < 1.29 is 25.4 Å². The first-order valence-electron chi connectivity index (χ1n) is 14.0. The Hall–Kier alpha value is -2.62. The molecule has 3 rings (SSSR count). The van der Waals surface area contributed by atoms with Gasteiger partial charge >= 0.3 is 0 Å². The zero-order chi connectivity index (χ0) is 29.3. The molecular weight excluding hydrogens is 286 g/mol. The van der Waals surface area contributed by atoms with E-state index in [1.54, 1.807) is 0 Å². The molecule has 0 radical (unpaired) electrons. The van der Waals surface area contributed by atoms with Crippen molar-refractivity contribution in [2.24, 2.45) is 0 Å². The molecule has 2 heterocycles. The Morgan fingerprint density at radius 1 is 1.30 bits per heavy atom. The van der Waals surface area contributed by atoms with Crippen LogP contribution in [0.1, 0.15) is 37.4 Å². The standard InChI is InChI=1S/C19H21N3O/c1-13-5-8-15(9-6-13)19-16(11-18(23)21(3)4)22-12-14(2)7-10-17(22)20-19/h5-10,12H,11H2,1-4H3/i2D3,3D3,4D3,5D,6D,8D,9D,11D2. The van der Waals surface area contributed by atoms with Crippen LogP contribution >= 0.6 is 0 Å². The Morgan fingerprint density at radius 3 is 2.78 bits per heavy atom. The van der Waals surface area contributed by atoms with E-state index in [4.69, 9.17) is 20.6 Å². The summed E-state index contributed by atoms with van der Waals surface area (Å²) in [5.41, 5.74) is -2.61. The van der Waals surface area contributed by atoms with Crippen LogP contribution in [-0.4, -0.2) is 34.1 Å². The van der Waals surface area contributed by atoms with Gasteiger partial charge in [0.15, 0.2) is 0 Å². The summed E-state index contributed by atoms with van der Waals surface area (Å²) in [4.78, 5) is 16.9. The minimum absolute atomic E-state index is 0.0335. The highest BCUT2D eigenvalue weighted by Gasteiger charge is 2.18. The predicted molar refractivity (Wildman–Crippen MR) is 92.5 cm³/mol. The summed E-state index contributed by atoms with van der Waals surface area (Å²) in [6.07, 6.45) is -2.63. The van der Waals surface area contributed by atoms with Gasteiger partial charge in [0.05, 0.1) is 23.2 Å². The summed E-state index contributed by atoms with van der Waals surface area (Å²) < 4.78 is 119. The molecule has 2 aromatic heterocycles. The average Bonchev–Trinajstić information content (AvgIpc) is 3.12. The van der Waals surface area contributed by atoms with Crippen LogP contribution in [0.3, 0.4) is 0 Å². The summed E-state index contributed by atoms with van der Waals surface area (Å²) in [6.45, 7) is -8.63. The van der Waals surface area contributed by atoms with Crippen molar-refractivity contribution in [1.82, 2.24) is 14.3 Å². The van der Waals surface area contributed by atoms with Gasteiger partial charge in [0.2, 0.25) is 5.91 Å². The fraction of sp³-hybridized carbons (Fsp3) is 0.263. The molecule has 0 bridgehead atoms. The van der Waals surface area contributed by atoms with Crippen molar-refractivity contribution in [1.29, 1.82) is 0 Å². The summed E-state index contributed by atoms with van der Waals surface area (Å²) in [5.74, 6) is -2.04. The van der Waals surface area contributed by atoms with Crippen LogP contribution in [0.4, 0.5) is 0 Å². The molecular formula is C19H21N3O. The highest BCUT2D eigenvalue weighted by molar-refractivity contribution is 5.81. The molecule has 0 aliphatic carbocycles. The number of hydrogen-bond donors (Lipinski definition) is 0. The zero-order valence-corrected chi connectivity index (χ0v) is 12.0. The molecule has 0 saturated carbocycles. The van der Waals surface area contributed by atoms with E-state index in [2.05, 4.69) is 4.98 Å². The highest BCUT2D eigenvalue weighted by atomic mass is 16.2. The molecule has 0 aliphatic heterocycles. The van der Waals surface area contributed by atoms with E-state index in [-0.39, 0.29) is 16.8 Å². The number of imidazole rings is 1. The lowest BCUT2D eigenvalue weighted by Crippen LogP contribution is -2.24. The third kappa shape index (κ3) is 2.97. The lowest BCUT2D eigenvalue weighted by atomic mass is 10.1. The van der Waals surface area contributed by atoms with Gasteiger partial charge in [-0.2, -0.15) is 0 Å². The summed E-state index contributed by atoms with van der Waals surface area (Å²) >= 11 is 0. The Kier molecular flexibility index (Phi) is 1.40. The first kappa shape index (κ1) is 5.48. The molecule has 3 aromatic rings. The number of carbonyl (C=O) groups is 1. The average molecular weight is 322 g/mol. The highest BCUT2D eigenvalue weighted by Crippen LogP contribution is 2.26. The molecule has 0 atom stereocenters. The zero-order valence-electron chi connectivity index (χ0n) is 27.0. The summed E-state index contributed by atoms with van der Waals surface area (Å²) in [5, 5.41) is 0. The Balaban J connectivity index is 2.52. The minimum Gasteiger partial charge on any atom is -0.348 e. The van der Waals surface area contributed by atoms with Gasteiger partial charge in [0.1, 0.15) is 5.65 Å². The smallest absolute Gasteiger partial charge is 0.228 e. The summed E-state index contributed by atoms with van der Waals surface area (Å²) in [7, 11) is 0. The van der Waals surface area contributed by atoms with E-state index in [9.17, 15) is 4.79 Å². The Labute approximate surface area is 157 Å². The number of likely N-dealkylation sites (N-methyl/N-ethyl adjacent to an activating group) is 1. The number of nitrogens with zero attached hydrogens (tertiary/aromatic N) is 3. The van der Waals surface area contributed by atoms with Gasteiger partial charge in [-0.05, 0) is 25.4 Å². The van der Waals surface area contributed by atoms with Gasteiger partial charge in [-0.15, -0.1) is 0 Å². The Bertz CT molecular complexity index is 1390. The molecule has 23 heavy (non-hydrogen) atoms. The third-order valence-corrected chi connectivity index (χ3v) is 3.03. The molecule has 0 fully saturated rings. The quantitative estimate of drug-likeness (QED) is 0.742. The van der Waals surface area contributed by atoms with Crippen LogP contribution in [0.2, 0.25) is 0 Å². The molecule has 0 spiro atoms. The number of pyridine rings is 1. The van der Waals surface area contributed by atoms with Crippen molar-refractivity contribution in [3.63, 3.8) is 0 Å². The van der Waals surface area contributed by atoms with Crippen LogP contribution in [0.5, 0.6) is 0 Å². The number of rotatable bonds is 3. The van der Waals surface area contributed by atoms with E-state index in [0.717, 1.165) is 22.7 Å². The second-order valence-electron chi connectivity index (χ2n) is 4.72. The van der Waals surface area contributed by atoms with E-state index in [0.29, 0.717) is 0 Å². The van der Waals surface area contributed by atoms with Gasteiger partial charge in [-0.3, -0.25) is 4.79 Å². The number of aromatic nitrogens is 2. The van der Waals surface area contributed by atoms with E-state index in [1.807, 2.05) is 0 Å². The fourth-order valence-electron chi connectivity index (χ4n) is 1.99. The van der Waals surface area contributed by atoms with Crippen molar-refractivity contribution in [2.45, 2.75) is 20.1 Å². The van der Waals surface area contributed by atoms with Crippen LogP contribution in [0, 0.1) is 13.8 Å². The SMILES string of the molecule is [2H]c1c([2H])c(-c2nc3ccc(C([2H])([2H])[2H])cn3c2C([2H])([2H])C(=O)N(C([2H])([2H])[2H])C([2H])([2H])[2H])c([2H])c([2H])c1C. The van der Waals surface area contributed by atoms with Gasteiger partial charge in [0, 0.05) is 40.8 Å². The molecule has 4 heteroatoms. The maximum Gasteiger partial charge on any atom is 0.228 e. The maximum atomic E-state index is 13.3. The van der Waals surface area contributed by atoms with Crippen molar-refractivity contribution in [2.75, 3.05) is 14.0 Å². The molecule has 0 unspecified atom stereocenters. The second-order valence-corrected chi connectivity index (χ2v) is 4.72. The lowest BCUT2D eigenvalue weighted by Gasteiger charge is -2.11. The molecule has 1 aromatic carbocycles. The lowest BCUT2D eigenvalue weighted by molar-refractivity contribution is -0.128. The van der Waals surface area contributed by atoms with E-state index in [1.165, 1.54) is 6.92 Å². The fourth-order valence-corrected chi connectivity index (χ4v) is 1.99. The van der Waals surface area contributed by atoms with Crippen molar-refractivity contribution >= 4 is 11.6 Å². The van der Waals surface area contributed by atoms with E-state index >= 15 is 0 Å². The number of carbonyl (C=O) groups excluding carboxylic acids is 1. The van der Waals surface area contributed by atoms with Crippen molar-refractivity contribution in [3.05, 3.63) is 59.3 Å². The first-order valence-corrected chi connectivity index (χ1v) is 6.48. The molecule has 0 saturated heterocycles. The molecule has 4 nitrogen and oxygen atoms in total. The summed E-state index contributed by atoms with van der Waals surface area (Å²) in [6, 6.07) is -0.0180. The van der Waals surface area contributed by atoms with Gasteiger partial charge < -0.3 is 9.30 Å². The molecule has 0 aliphatic rings. The normalized spacial score (nSPS) is 22.7.